The summed E-state index contributed by atoms with van der Waals surface area (Å²) in [6, 6.07) is 6.29. The standard InChI is InChI=1S/C14H15BrClNO7/c15-12(6-18)14(16,23)13(22,10(20)11(21)24-12)17-5-9(19)7-3-1-2-4-8(7)17/h1-5,10-11,18-23H,6H2/t10-,11+,12-,13-,14-/m1/s1. The number of para-hydroxylation sites is 1. The number of aromatic nitrogens is 1. The fourth-order valence-electron chi connectivity index (χ4n) is 2.89. The van der Waals surface area contributed by atoms with Gasteiger partial charge in [-0.25, -0.2) is 0 Å². The van der Waals surface area contributed by atoms with E-state index >= 15 is 0 Å². The average Bonchev–Trinajstić information content (AvgIpc) is 2.89. The number of halogens is 2. The summed E-state index contributed by atoms with van der Waals surface area (Å²) in [5.41, 5.74) is -2.54. The van der Waals surface area contributed by atoms with Crippen LogP contribution in [0.15, 0.2) is 30.5 Å². The molecule has 6 N–H and O–H groups in total. The van der Waals surface area contributed by atoms with Gasteiger partial charge in [0.05, 0.1) is 12.1 Å². The molecule has 1 aromatic heterocycles. The molecule has 132 valence electrons. The van der Waals surface area contributed by atoms with Crippen molar-refractivity contribution in [3.05, 3.63) is 30.5 Å². The van der Waals surface area contributed by atoms with Crippen LogP contribution >= 0.6 is 27.5 Å². The Labute approximate surface area is 149 Å². The van der Waals surface area contributed by atoms with Gasteiger partial charge in [-0.05, 0) is 28.1 Å². The van der Waals surface area contributed by atoms with Crippen LogP contribution in [0.4, 0.5) is 0 Å². The minimum absolute atomic E-state index is 0.220. The van der Waals surface area contributed by atoms with Crippen molar-refractivity contribution in [1.29, 1.82) is 0 Å². The lowest BCUT2D eigenvalue weighted by Crippen LogP contribution is -2.76. The quantitative estimate of drug-likeness (QED) is 0.365. The Morgan fingerprint density at radius 2 is 1.88 bits per heavy atom. The molecule has 2 heterocycles. The first-order valence-corrected chi connectivity index (χ1v) is 8.04. The molecular weight excluding hydrogens is 410 g/mol. The topological polar surface area (TPSA) is 136 Å². The molecule has 24 heavy (non-hydrogen) atoms. The first kappa shape index (κ1) is 17.9. The first-order valence-electron chi connectivity index (χ1n) is 6.87. The van der Waals surface area contributed by atoms with Gasteiger partial charge in [-0.15, -0.1) is 0 Å². The number of aliphatic hydroxyl groups excluding tert-OH is 3. The minimum Gasteiger partial charge on any atom is -0.506 e. The zero-order valence-electron chi connectivity index (χ0n) is 12.0. The molecule has 0 radical (unpaired) electrons. The van der Waals surface area contributed by atoms with Gasteiger partial charge < -0.3 is 39.9 Å². The highest BCUT2D eigenvalue weighted by Crippen LogP contribution is 2.53. The molecule has 1 aliphatic heterocycles. The normalized spacial score (nSPS) is 40.1. The SMILES string of the molecule is OC[C@@]1(Br)O[C@H](O)[C@@H](O)[C@](O)(n2cc(O)c3ccccc32)[C@@]1(O)Cl. The van der Waals surface area contributed by atoms with E-state index in [2.05, 4.69) is 15.9 Å². The maximum absolute atomic E-state index is 11.1. The molecule has 0 bridgehead atoms. The lowest BCUT2D eigenvalue weighted by Gasteiger charge is -2.55. The molecule has 1 fully saturated rings. The number of aromatic hydroxyl groups is 1. The highest BCUT2D eigenvalue weighted by atomic mass is 79.9. The van der Waals surface area contributed by atoms with Gasteiger partial charge in [-0.2, -0.15) is 0 Å². The second kappa shape index (κ2) is 5.55. The van der Waals surface area contributed by atoms with Crippen molar-refractivity contribution in [3.63, 3.8) is 0 Å². The van der Waals surface area contributed by atoms with Crippen LogP contribution in [-0.2, 0) is 10.5 Å². The number of hydrogen-bond donors (Lipinski definition) is 6. The third-order valence-corrected chi connectivity index (χ3v) is 6.06. The van der Waals surface area contributed by atoms with Crippen LogP contribution in [0.1, 0.15) is 0 Å². The van der Waals surface area contributed by atoms with Crippen molar-refractivity contribution in [1.82, 2.24) is 4.57 Å². The molecule has 8 nitrogen and oxygen atoms in total. The fraction of sp³-hybridized carbons (Fsp3) is 0.429. The second-order valence-electron chi connectivity index (χ2n) is 5.59. The maximum atomic E-state index is 11.1. The molecule has 0 aliphatic carbocycles. The van der Waals surface area contributed by atoms with E-state index in [1.807, 2.05) is 0 Å². The molecule has 5 atom stereocenters. The third-order valence-electron chi connectivity index (χ3n) is 4.23. The zero-order chi connectivity index (χ0) is 17.9. The Morgan fingerprint density at radius 3 is 2.50 bits per heavy atom. The largest absolute Gasteiger partial charge is 0.506 e. The van der Waals surface area contributed by atoms with E-state index in [0.717, 1.165) is 10.8 Å². The molecule has 2 aromatic rings. The first-order chi connectivity index (χ1) is 11.1. The van der Waals surface area contributed by atoms with Crippen LogP contribution in [0.5, 0.6) is 5.75 Å². The summed E-state index contributed by atoms with van der Waals surface area (Å²) in [6.07, 6.45) is -3.05. The summed E-state index contributed by atoms with van der Waals surface area (Å²) in [6.45, 7) is -0.940. The Bertz CT molecular complexity index is 784. The zero-order valence-corrected chi connectivity index (χ0v) is 14.4. The number of aliphatic hydroxyl groups is 5. The molecule has 1 aromatic carbocycles. The van der Waals surface area contributed by atoms with Gasteiger partial charge in [0.1, 0.15) is 5.75 Å². The highest BCUT2D eigenvalue weighted by molar-refractivity contribution is 9.10. The Kier molecular flexibility index (Phi) is 4.14. The molecule has 0 unspecified atom stereocenters. The molecular formula is C14H15BrClNO7. The molecule has 1 saturated heterocycles. The van der Waals surface area contributed by atoms with E-state index in [4.69, 9.17) is 16.3 Å². The van der Waals surface area contributed by atoms with Gasteiger partial charge in [0.2, 0.25) is 10.8 Å². The van der Waals surface area contributed by atoms with Crippen LogP contribution < -0.4 is 0 Å². The number of ether oxygens (including phenoxy) is 1. The highest BCUT2D eigenvalue weighted by Gasteiger charge is 2.72. The number of benzene rings is 1. The van der Waals surface area contributed by atoms with Crippen LogP contribution in [-0.4, -0.2) is 63.8 Å². The number of fused-ring (bicyclic) bond motifs is 1. The van der Waals surface area contributed by atoms with Crippen molar-refractivity contribution in [3.8, 4) is 5.75 Å². The predicted molar refractivity (Wildman–Crippen MR) is 86.4 cm³/mol. The van der Waals surface area contributed by atoms with Gasteiger partial charge in [0, 0.05) is 11.6 Å². The van der Waals surface area contributed by atoms with E-state index < -0.39 is 34.3 Å². The predicted octanol–water partition coefficient (Wildman–Crippen LogP) is -0.288. The lowest BCUT2D eigenvalue weighted by atomic mass is 9.90. The van der Waals surface area contributed by atoms with E-state index in [1.54, 1.807) is 18.2 Å². The van der Waals surface area contributed by atoms with Crippen molar-refractivity contribution in [2.45, 2.75) is 27.7 Å². The van der Waals surface area contributed by atoms with Crippen LogP contribution in [0, 0.1) is 0 Å². The number of hydrogen-bond acceptors (Lipinski definition) is 7. The Hall–Kier alpha value is -0.910. The van der Waals surface area contributed by atoms with E-state index in [0.29, 0.717) is 5.39 Å². The average molecular weight is 425 g/mol. The maximum Gasteiger partial charge on any atom is 0.231 e. The smallest absolute Gasteiger partial charge is 0.231 e. The monoisotopic (exact) mass is 423 g/mol. The molecule has 0 saturated carbocycles. The summed E-state index contributed by atoms with van der Waals surface area (Å²) in [7, 11) is 0. The molecule has 1 aliphatic rings. The van der Waals surface area contributed by atoms with Crippen molar-refractivity contribution in [2.75, 3.05) is 6.61 Å². The van der Waals surface area contributed by atoms with Gasteiger partial charge in [0.25, 0.3) is 0 Å². The summed E-state index contributed by atoms with van der Waals surface area (Å²) in [4.78, 5) is 0. The fourth-order valence-corrected chi connectivity index (χ4v) is 3.68. The second-order valence-corrected chi connectivity index (χ2v) is 7.42. The van der Waals surface area contributed by atoms with Crippen molar-refractivity contribution in [2.24, 2.45) is 0 Å². The van der Waals surface area contributed by atoms with Crippen LogP contribution in [0.2, 0.25) is 0 Å². The minimum atomic E-state index is -2.83. The van der Waals surface area contributed by atoms with Gasteiger partial charge >= 0.3 is 0 Å². The Balaban J connectivity index is 2.32. The van der Waals surface area contributed by atoms with E-state index in [1.165, 1.54) is 6.07 Å². The Morgan fingerprint density at radius 1 is 1.25 bits per heavy atom. The molecule has 10 heteroatoms. The van der Waals surface area contributed by atoms with Crippen LogP contribution in [0.3, 0.4) is 0 Å². The number of rotatable bonds is 2. The molecule has 0 amide bonds. The summed E-state index contributed by atoms with van der Waals surface area (Å²) < 4.78 is 3.67. The third kappa shape index (κ3) is 2.07. The summed E-state index contributed by atoms with van der Waals surface area (Å²) in [5, 5.41) is 59.1. The van der Waals surface area contributed by atoms with Gasteiger partial charge in [0.15, 0.2) is 16.9 Å². The van der Waals surface area contributed by atoms with Crippen LogP contribution in [0.25, 0.3) is 10.9 Å². The van der Waals surface area contributed by atoms with E-state index in [-0.39, 0.29) is 11.3 Å². The lowest BCUT2D eigenvalue weighted by molar-refractivity contribution is -0.368. The summed E-state index contributed by atoms with van der Waals surface area (Å²) >= 11 is 8.96. The van der Waals surface area contributed by atoms with Crippen molar-refractivity contribution < 1.29 is 35.4 Å². The van der Waals surface area contributed by atoms with Gasteiger partial charge in [-0.1, -0.05) is 23.7 Å². The number of nitrogens with zero attached hydrogens (tertiary/aromatic N) is 1. The van der Waals surface area contributed by atoms with Gasteiger partial charge in [-0.3, -0.25) is 0 Å². The van der Waals surface area contributed by atoms with E-state index in [9.17, 15) is 30.6 Å². The molecule has 3 rings (SSSR count). The summed E-state index contributed by atoms with van der Waals surface area (Å²) in [5.74, 6) is -0.246. The number of alkyl halides is 2. The molecule has 0 spiro atoms. The van der Waals surface area contributed by atoms with Crippen molar-refractivity contribution >= 4 is 38.4 Å².